The molecular weight excluding hydrogens is 272 g/mol. The van der Waals surface area contributed by atoms with E-state index in [0.717, 1.165) is 30.8 Å². The first-order valence-electron chi connectivity index (χ1n) is 7.07. The van der Waals surface area contributed by atoms with Crippen LogP contribution in [0.1, 0.15) is 36.5 Å². The molecule has 0 spiro atoms. The fourth-order valence-electron chi connectivity index (χ4n) is 2.19. The fraction of sp³-hybridized carbons (Fsp3) is 0.375. The summed E-state index contributed by atoms with van der Waals surface area (Å²) < 4.78 is 27.1. The van der Waals surface area contributed by atoms with Gasteiger partial charge in [-0.3, -0.25) is 0 Å². The molecule has 0 amide bonds. The van der Waals surface area contributed by atoms with Gasteiger partial charge in [0.1, 0.15) is 17.5 Å². The first-order chi connectivity index (χ1) is 10.1. The second-order valence-corrected chi connectivity index (χ2v) is 4.98. The normalized spacial score (nSPS) is 12.4. The summed E-state index contributed by atoms with van der Waals surface area (Å²) in [5.74, 6) is -0.166. The molecule has 1 atom stereocenters. The Balaban J connectivity index is 2.25. The lowest BCUT2D eigenvalue weighted by Gasteiger charge is -2.18. The lowest BCUT2D eigenvalue weighted by Crippen LogP contribution is -2.25. The molecule has 0 bridgehead atoms. The number of halogens is 2. The van der Waals surface area contributed by atoms with Crippen molar-refractivity contribution in [2.75, 3.05) is 6.54 Å². The minimum atomic E-state index is -0.431. The SMILES string of the molecule is CCCNC(Cc1cc(F)ccc1F)c1ccnc(C)n1. The van der Waals surface area contributed by atoms with Crippen molar-refractivity contribution >= 4 is 0 Å². The Labute approximate surface area is 123 Å². The molecule has 0 saturated carbocycles. The monoisotopic (exact) mass is 291 g/mol. The highest BCUT2D eigenvalue weighted by atomic mass is 19.1. The van der Waals surface area contributed by atoms with Crippen LogP contribution in [-0.2, 0) is 6.42 Å². The van der Waals surface area contributed by atoms with Crippen molar-refractivity contribution in [3.63, 3.8) is 0 Å². The molecule has 5 heteroatoms. The Hall–Kier alpha value is -1.88. The van der Waals surface area contributed by atoms with E-state index in [1.165, 1.54) is 6.07 Å². The summed E-state index contributed by atoms with van der Waals surface area (Å²) in [6.07, 6.45) is 2.98. The summed E-state index contributed by atoms with van der Waals surface area (Å²) in [6.45, 7) is 4.64. The Morgan fingerprint density at radius 3 is 2.76 bits per heavy atom. The van der Waals surface area contributed by atoms with Crippen LogP contribution in [0.2, 0.25) is 0 Å². The molecule has 0 aliphatic heterocycles. The molecule has 1 aromatic heterocycles. The van der Waals surface area contributed by atoms with E-state index >= 15 is 0 Å². The zero-order valence-electron chi connectivity index (χ0n) is 12.2. The molecule has 112 valence electrons. The van der Waals surface area contributed by atoms with Crippen molar-refractivity contribution in [1.29, 1.82) is 0 Å². The van der Waals surface area contributed by atoms with E-state index in [-0.39, 0.29) is 6.04 Å². The summed E-state index contributed by atoms with van der Waals surface area (Å²) in [5.41, 5.74) is 1.14. The summed E-state index contributed by atoms with van der Waals surface area (Å²) >= 11 is 0. The van der Waals surface area contributed by atoms with Gasteiger partial charge >= 0.3 is 0 Å². The summed E-state index contributed by atoms with van der Waals surface area (Å²) in [4.78, 5) is 8.45. The Bertz CT molecular complexity index is 602. The van der Waals surface area contributed by atoms with Gasteiger partial charge in [0, 0.05) is 6.20 Å². The zero-order chi connectivity index (χ0) is 15.2. The van der Waals surface area contributed by atoms with Gasteiger partial charge in [-0.15, -0.1) is 0 Å². The largest absolute Gasteiger partial charge is 0.308 e. The minimum Gasteiger partial charge on any atom is -0.308 e. The molecule has 0 radical (unpaired) electrons. The number of hydrogen-bond donors (Lipinski definition) is 1. The minimum absolute atomic E-state index is 0.164. The average molecular weight is 291 g/mol. The number of hydrogen-bond acceptors (Lipinski definition) is 3. The quantitative estimate of drug-likeness (QED) is 0.887. The third-order valence-corrected chi connectivity index (χ3v) is 3.23. The number of nitrogens with one attached hydrogen (secondary N) is 1. The molecule has 0 saturated heterocycles. The molecule has 0 aliphatic carbocycles. The second kappa shape index (κ2) is 7.22. The molecule has 1 unspecified atom stereocenters. The van der Waals surface area contributed by atoms with E-state index in [4.69, 9.17) is 0 Å². The number of aryl methyl sites for hydroxylation is 1. The van der Waals surface area contributed by atoms with Crippen molar-refractivity contribution in [2.45, 2.75) is 32.7 Å². The van der Waals surface area contributed by atoms with Crippen molar-refractivity contribution in [2.24, 2.45) is 0 Å². The average Bonchev–Trinajstić information content (AvgIpc) is 2.47. The molecule has 2 rings (SSSR count). The van der Waals surface area contributed by atoms with Crippen LogP contribution in [0.4, 0.5) is 8.78 Å². The van der Waals surface area contributed by atoms with Crippen LogP contribution in [0, 0.1) is 18.6 Å². The molecule has 0 fully saturated rings. The molecule has 1 heterocycles. The number of benzene rings is 1. The van der Waals surface area contributed by atoms with Gasteiger partial charge in [-0.05, 0) is 56.1 Å². The van der Waals surface area contributed by atoms with Crippen LogP contribution < -0.4 is 5.32 Å². The van der Waals surface area contributed by atoms with E-state index in [1.54, 1.807) is 12.3 Å². The van der Waals surface area contributed by atoms with Gasteiger partial charge in [-0.25, -0.2) is 18.7 Å². The highest BCUT2D eigenvalue weighted by Gasteiger charge is 2.16. The molecule has 1 aromatic carbocycles. The van der Waals surface area contributed by atoms with Gasteiger partial charge in [0.2, 0.25) is 0 Å². The van der Waals surface area contributed by atoms with Crippen LogP contribution in [0.15, 0.2) is 30.5 Å². The van der Waals surface area contributed by atoms with Crippen molar-refractivity contribution < 1.29 is 8.78 Å². The predicted molar refractivity (Wildman–Crippen MR) is 77.9 cm³/mol. The highest BCUT2D eigenvalue weighted by molar-refractivity contribution is 5.22. The zero-order valence-corrected chi connectivity index (χ0v) is 12.2. The maximum Gasteiger partial charge on any atom is 0.126 e. The van der Waals surface area contributed by atoms with E-state index < -0.39 is 11.6 Å². The third-order valence-electron chi connectivity index (χ3n) is 3.23. The molecule has 0 aliphatic rings. The van der Waals surface area contributed by atoms with Crippen molar-refractivity contribution in [1.82, 2.24) is 15.3 Å². The lowest BCUT2D eigenvalue weighted by atomic mass is 10.0. The number of nitrogens with zero attached hydrogens (tertiary/aromatic N) is 2. The predicted octanol–water partition coefficient (Wildman–Crippen LogP) is 3.35. The summed E-state index contributed by atoms with van der Waals surface area (Å²) in [7, 11) is 0. The van der Waals surface area contributed by atoms with E-state index in [1.807, 2.05) is 6.92 Å². The molecule has 21 heavy (non-hydrogen) atoms. The van der Waals surface area contributed by atoms with Crippen LogP contribution >= 0.6 is 0 Å². The number of aromatic nitrogens is 2. The third kappa shape index (κ3) is 4.29. The Kier molecular flexibility index (Phi) is 5.33. The van der Waals surface area contributed by atoms with Gasteiger partial charge in [0.05, 0.1) is 11.7 Å². The van der Waals surface area contributed by atoms with Gasteiger partial charge < -0.3 is 5.32 Å². The van der Waals surface area contributed by atoms with Crippen molar-refractivity contribution in [3.8, 4) is 0 Å². The fourth-order valence-corrected chi connectivity index (χ4v) is 2.19. The number of rotatable bonds is 6. The topological polar surface area (TPSA) is 37.8 Å². The Morgan fingerprint density at radius 1 is 1.24 bits per heavy atom. The maximum absolute atomic E-state index is 13.8. The van der Waals surface area contributed by atoms with E-state index in [9.17, 15) is 8.78 Å². The van der Waals surface area contributed by atoms with E-state index in [2.05, 4.69) is 22.2 Å². The van der Waals surface area contributed by atoms with Gasteiger partial charge in [-0.2, -0.15) is 0 Å². The lowest BCUT2D eigenvalue weighted by molar-refractivity contribution is 0.498. The molecular formula is C16H19F2N3. The van der Waals surface area contributed by atoms with Crippen LogP contribution in [0.3, 0.4) is 0 Å². The molecule has 2 aromatic rings. The van der Waals surface area contributed by atoms with Gasteiger partial charge in [-0.1, -0.05) is 6.92 Å². The van der Waals surface area contributed by atoms with Crippen LogP contribution in [0.5, 0.6) is 0 Å². The molecule has 1 N–H and O–H groups in total. The van der Waals surface area contributed by atoms with Crippen LogP contribution in [-0.4, -0.2) is 16.5 Å². The smallest absolute Gasteiger partial charge is 0.126 e. The van der Waals surface area contributed by atoms with Crippen molar-refractivity contribution in [3.05, 3.63) is 59.2 Å². The summed E-state index contributed by atoms with van der Waals surface area (Å²) in [5, 5.41) is 3.33. The maximum atomic E-state index is 13.8. The van der Waals surface area contributed by atoms with Gasteiger partial charge in [0.25, 0.3) is 0 Å². The second-order valence-electron chi connectivity index (χ2n) is 4.98. The first-order valence-corrected chi connectivity index (χ1v) is 7.07. The van der Waals surface area contributed by atoms with E-state index in [0.29, 0.717) is 17.8 Å². The highest BCUT2D eigenvalue weighted by Crippen LogP contribution is 2.19. The first kappa shape index (κ1) is 15.5. The molecule has 3 nitrogen and oxygen atoms in total. The Morgan fingerprint density at radius 2 is 2.05 bits per heavy atom. The van der Waals surface area contributed by atoms with Gasteiger partial charge in [0.15, 0.2) is 0 Å². The van der Waals surface area contributed by atoms with Crippen LogP contribution in [0.25, 0.3) is 0 Å². The summed E-state index contributed by atoms with van der Waals surface area (Å²) in [6, 6.07) is 5.17. The standard InChI is InChI=1S/C16H19F2N3/c1-3-7-20-16(15-6-8-19-11(2)21-15)10-12-9-13(17)4-5-14(12)18/h4-6,8-9,16,20H,3,7,10H2,1-2H3.